The molecule has 5 rings (SSSR count). The number of para-hydroxylation sites is 2. The molecule has 5 aromatic rings. The third-order valence-electron chi connectivity index (χ3n) is 5.60. The Morgan fingerprint density at radius 1 is 0.943 bits per heavy atom. The van der Waals surface area contributed by atoms with Crippen LogP contribution in [0.3, 0.4) is 0 Å². The maximum absolute atomic E-state index is 13.3. The summed E-state index contributed by atoms with van der Waals surface area (Å²) in [5.74, 6) is 0.0482. The van der Waals surface area contributed by atoms with E-state index in [1.807, 2.05) is 48.5 Å². The van der Waals surface area contributed by atoms with Gasteiger partial charge in [0, 0.05) is 11.3 Å². The lowest BCUT2D eigenvalue weighted by molar-refractivity contribution is -0.115. The van der Waals surface area contributed by atoms with Crippen LogP contribution in [-0.2, 0) is 4.79 Å². The molecule has 1 N–H and O–H groups in total. The summed E-state index contributed by atoms with van der Waals surface area (Å²) < 4.78 is 3.33. The molecule has 2 aromatic heterocycles. The summed E-state index contributed by atoms with van der Waals surface area (Å²) in [4.78, 5) is 37.9. The second-order valence-corrected chi connectivity index (χ2v) is 9.31. The lowest BCUT2D eigenvalue weighted by atomic mass is 10.1. The van der Waals surface area contributed by atoms with Gasteiger partial charge in [-0.1, -0.05) is 54.2 Å². The maximum atomic E-state index is 13.3. The first-order valence-electron chi connectivity index (χ1n) is 11.0. The van der Waals surface area contributed by atoms with Gasteiger partial charge in [0.15, 0.2) is 10.9 Å². The van der Waals surface area contributed by atoms with Crippen molar-refractivity contribution in [1.29, 1.82) is 0 Å². The number of hydrogen-bond acceptors (Lipinski definition) is 6. The van der Waals surface area contributed by atoms with Crippen molar-refractivity contribution in [3.8, 4) is 5.69 Å². The van der Waals surface area contributed by atoms with Crippen molar-refractivity contribution in [2.75, 3.05) is 5.32 Å². The highest BCUT2D eigenvalue weighted by Gasteiger charge is 2.22. The number of benzene rings is 3. The number of fused-ring (bicyclic) bond motifs is 3. The molecule has 2 heterocycles. The van der Waals surface area contributed by atoms with Crippen LogP contribution in [0.1, 0.15) is 24.2 Å². The van der Waals surface area contributed by atoms with E-state index in [4.69, 9.17) is 0 Å². The second kappa shape index (κ2) is 9.19. The Bertz CT molecular complexity index is 1640. The topological polar surface area (TPSA) is 98.4 Å². The minimum Gasteiger partial charge on any atom is -0.325 e. The quantitative estimate of drug-likeness (QED) is 0.285. The first kappa shape index (κ1) is 22.5. The number of Topliss-reactive ketones (excluding diaryl/α,β-unsaturated/α-hetero) is 1. The standard InChI is InChI=1S/C26H21N5O3S/c1-16(32)18-9-8-10-19(15-18)27-23(33)17(2)35-26-29-28-25-30(20-11-4-3-5-12-20)24(34)21-13-6-7-14-22(21)31(25)26/h3-15,17H,1-2H3,(H,27,33)/t17-/m0/s1. The Labute approximate surface area is 204 Å². The van der Waals surface area contributed by atoms with Crippen LogP contribution in [0.5, 0.6) is 0 Å². The molecule has 9 heteroatoms. The normalized spacial score (nSPS) is 12.1. The van der Waals surface area contributed by atoms with Crippen molar-refractivity contribution in [3.63, 3.8) is 0 Å². The zero-order valence-corrected chi connectivity index (χ0v) is 19.8. The summed E-state index contributed by atoms with van der Waals surface area (Å²) >= 11 is 1.24. The highest BCUT2D eigenvalue weighted by atomic mass is 32.2. The molecule has 0 aliphatic heterocycles. The molecule has 0 unspecified atom stereocenters. The summed E-state index contributed by atoms with van der Waals surface area (Å²) in [6.07, 6.45) is 0. The number of thioether (sulfide) groups is 1. The molecule has 3 aromatic carbocycles. The lowest BCUT2D eigenvalue weighted by Gasteiger charge is -2.13. The average molecular weight is 484 g/mol. The van der Waals surface area contributed by atoms with Crippen LogP contribution in [0.25, 0.3) is 22.4 Å². The largest absolute Gasteiger partial charge is 0.325 e. The van der Waals surface area contributed by atoms with E-state index in [9.17, 15) is 14.4 Å². The van der Waals surface area contributed by atoms with E-state index < -0.39 is 5.25 Å². The Morgan fingerprint density at radius 3 is 2.46 bits per heavy atom. The highest BCUT2D eigenvalue weighted by molar-refractivity contribution is 8.00. The van der Waals surface area contributed by atoms with Gasteiger partial charge in [-0.15, -0.1) is 10.2 Å². The van der Waals surface area contributed by atoms with Gasteiger partial charge in [0.1, 0.15) is 0 Å². The first-order valence-corrected chi connectivity index (χ1v) is 11.8. The fourth-order valence-electron chi connectivity index (χ4n) is 3.84. The number of aromatic nitrogens is 4. The summed E-state index contributed by atoms with van der Waals surface area (Å²) in [5.41, 5.74) is 2.21. The number of carbonyl (C=O) groups excluding carboxylic acids is 2. The molecule has 8 nitrogen and oxygen atoms in total. The van der Waals surface area contributed by atoms with Crippen LogP contribution >= 0.6 is 11.8 Å². The van der Waals surface area contributed by atoms with Crippen molar-refractivity contribution in [2.24, 2.45) is 0 Å². The first-order chi connectivity index (χ1) is 16.9. The van der Waals surface area contributed by atoms with Crippen LogP contribution < -0.4 is 10.9 Å². The number of ketones is 1. The van der Waals surface area contributed by atoms with Gasteiger partial charge in [-0.05, 0) is 50.2 Å². The molecule has 0 fully saturated rings. The molecular weight excluding hydrogens is 462 g/mol. The Balaban J connectivity index is 1.54. The Kier molecular flexibility index (Phi) is 5.92. The van der Waals surface area contributed by atoms with E-state index in [2.05, 4.69) is 15.5 Å². The number of carbonyl (C=O) groups is 2. The van der Waals surface area contributed by atoms with Gasteiger partial charge in [0.05, 0.1) is 21.8 Å². The van der Waals surface area contributed by atoms with Gasteiger partial charge in [-0.25, -0.2) is 4.57 Å². The molecule has 174 valence electrons. The Morgan fingerprint density at radius 2 is 1.69 bits per heavy atom. The predicted molar refractivity (Wildman–Crippen MR) is 136 cm³/mol. The van der Waals surface area contributed by atoms with Crippen molar-refractivity contribution in [1.82, 2.24) is 19.2 Å². The molecule has 0 spiro atoms. The zero-order chi connectivity index (χ0) is 24.5. The molecule has 1 amide bonds. The zero-order valence-electron chi connectivity index (χ0n) is 19.0. The number of amides is 1. The average Bonchev–Trinajstić information content (AvgIpc) is 3.28. The van der Waals surface area contributed by atoms with Gasteiger partial charge in [0.25, 0.3) is 5.56 Å². The van der Waals surface area contributed by atoms with Crippen LogP contribution in [0.15, 0.2) is 88.8 Å². The van der Waals surface area contributed by atoms with E-state index in [0.29, 0.717) is 38.8 Å². The third kappa shape index (κ3) is 4.22. The van der Waals surface area contributed by atoms with Crippen molar-refractivity contribution in [2.45, 2.75) is 24.3 Å². The number of anilines is 1. The SMILES string of the molecule is CC(=O)c1cccc(NC(=O)[C@H](C)Sc2nnc3n(-c4ccccc4)c(=O)c4ccccc4n23)c1. The van der Waals surface area contributed by atoms with E-state index in [1.54, 1.807) is 41.7 Å². The molecule has 0 aliphatic rings. The summed E-state index contributed by atoms with van der Waals surface area (Å²) in [7, 11) is 0. The molecule has 35 heavy (non-hydrogen) atoms. The van der Waals surface area contributed by atoms with E-state index in [0.717, 1.165) is 0 Å². The van der Waals surface area contributed by atoms with Crippen LogP contribution in [-0.4, -0.2) is 36.1 Å². The highest BCUT2D eigenvalue weighted by Crippen LogP contribution is 2.27. The second-order valence-electron chi connectivity index (χ2n) is 8.00. The van der Waals surface area contributed by atoms with Crippen molar-refractivity contribution >= 4 is 45.8 Å². The van der Waals surface area contributed by atoms with Crippen LogP contribution in [0.4, 0.5) is 5.69 Å². The molecule has 0 radical (unpaired) electrons. The van der Waals surface area contributed by atoms with Crippen molar-refractivity contribution in [3.05, 3.63) is 94.8 Å². The number of hydrogen-bond donors (Lipinski definition) is 1. The smallest absolute Gasteiger partial charge is 0.267 e. The fraction of sp³-hybridized carbons (Fsp3) is 0.115. The minimum absolute atomic E-state index is 0.0743. The van der Waals surface area contributed by atoms with Gasteiger partial charge >= 0.3 is 0 Å². The van der Waals surface area contributed by atoms with Gasteiger partial charge in [0.2, 0.25) is 11.7 Å². The Hall–Kier alpha value is -4.24. The summed E-state index contributed by atoms with van der Waals surface area (Å²) in [6, 6.07) is 23.3. The lowest BCUT2D eigenvalue weighted by Crippen LogP contribution is -2.23. The van der Waals surface area contributed by atoms with E-state index in [1.165, 1.54) is 23.3 Å². The monoisotopic (exact) mass is 483 g/mol. The van der Waals surface area contributed by atoms with Gasteiger partial charge in [-0.2, -0.15) is 0 Å². The van der Waals surface area contributed by atoms with Gasteiger partial charge in [-0.3, -0.25) is 18.8 Å². The van der Waals surface area contributed by atoms with Crippen LogP contribution in [0, 0.1) is 0 Å². The van der Waals surface area contributed by atoms with E-state index >= 15 is 0 Å². The molecule has 1 atom stereocenters. The molecule has 0 aliphatic carbocycles. The van der Waals surface area contributed by atoms with Gasteiger partial charge < -0.3 is 5.32 Å². The predicted octanol–water partition coefficient (Wildman–Crippen LogP) is 4.36. The third-order valence-corrected chi connectivity index (χ3v) is 6.64. The molecular formula is C26H21N5O3S. The molecule has 0 bridgehead atoms. The maximum Gasteiger partial charge on any atom is 0.267 e. The van der Waals surface area contributed by atoms with E-state index in [-0.39, 0.29) is 17.2 Å². The van der Waals surface area contributed by atoms with Crippen LogP contribution in [0.2, 0.25) is 0 Å². The number of rotatable bonds is 6. The number of nitrogens with one attached hydrogen (secondary N) is 1. The molecule has 0 saturated heterocycles. The summed E-state index contributed by atoms with van der Waals surface area (Å²) in [5, 5.41) is 12.0. The summed E-state index contributed by atoms with van der Waals surface area (Å²) in [6.45, 7) is 3.25. The number of nitrogens with zero attached hydrogens (tertiary/aromatic N) is 4. The fourth-order valence-corrected chi connectivity index (χ4v) is 4.69. The minimum atomic E-state index is -0.528. The van der Waals surface area contributed by atoms with Crippen molar-refractivity contribution < 1.29 is 9.59 Å². The molecule has 0 saturated carbocycles.